The van der Waals surface area contributed by atoms with Gasteiger partial charge in [-0.1, -0.05) is 6.42 Å². The average Bonchev–Trinajstić information content (AvgIpc) is 2.77. The lowest BCUT2D eigenvalue weighted by molar-refractivity contribution is -0.153. The largest absolute Gasteiger partial charge is 0.353 e. The van der Waals surface area contributed by atoms with Crippen molar-refractivity contribution in [2.45, 2.75) is 65.3 Å². The molecule has 2 fully saturated rings. The average molecular weight is 226 g/mol. The van der Waals surface area contributed by atoms with Crippen LogP contribution < -0.4 is 0 Å². The summed E-state index contributed by atoms with van der Waals surface area (Å²) in [5.74, 6) is 3.03. The summed E-state index contributed by atoms with van der Waals surface area (Å²) in [6, 6.07) is 0. The second-order valence-corrected chi connectivity index (χ2v) is 5.85. The first-order valence-electron chi connectivity index (χ1n) is 6.92. The van der Waals surface area contributed by atoms with Crippen LogP contribution in [0.3, 0.4) is 0 Å². The Morgan fingerprint density at radius 2 is 1.94 bits per heavy atom. The highest BCUT2D eigenvalue weighted by atomic mass is 16.7. The summed E-state index contributed by atoms with van der Waals surface area (Å²) in [7, 11) is 0. The van der Waals surface area contributed by atoms with Gasteiger partial charge in [0.05, 0.1) is 6.10 Å². The van der Waals surface area contributed by atoms with Crippen molar-refractivity contribution in [1.82, 2.24) is 0 Å². The van der Waals surface area contributed by atoms with E-state index in [0.29, 0.717) is 0 Å². The van der Waals surface area contributed by atoms with Crippen LogP contribution >= 0.6 is 0 Å². The Labute approximate surface area is 99.7 Å². The molecule has 0 radical (unpaired) electrons. The van der Waals surface area contributed by atoms with Gasteiger partial charge in [-0.2, -0.15) is 0 Å². The standard InChI is InChI=1S/C14H26O2/c1-10(2)16-11(3)15-7-6-14-9-12-4-5-13(14)8-12/h10-14H,4-9H2,1-3H3. The van der Waals surface area contributed by atoms with Crippen LogP contribution in [0.4, 0.5) is 0 Å². The van der Waals surface area contributed by atoms with Gasteiger partial charge >= 0.3 is 0 Å². The highest BCUT2D eigenvalue weighted by Gasteiger charge is 2.38. The number of ether oxygens (including phenoxy) is 2. The lowest BCUT2D eigenvalue weighted by Gasteiger charge is -2.23. The van der Waals surface area contributed by atoms with E-state index in [1.807, 2.05) is 6.92 Å². The summed E-state index contributed by atoms with van der Waals surface area (Å²) < 4.78 is 11.3. The van der Waals surface area contributed by atoms with E-state index in [9.17, 15) is 0 Å². The maximum atomic E-state index is 5.70. The fourth-order valence-corrected chi connectivity index (χ4v) is 3.54. The van der Waals surface area contributed by atoms with E-state index < -0.39 is 0 Å². The van der Waals surface area contributed by atoms with Crippen LogP contribution in [0, 0.1) is 17.8 Å². The lowest BCUT2D eigenvalue weighted by atomic mass is 9.87. The van der Waals surface area contributed by atoms with Crippen molar-refractivity contribution in [3.63, 3.8) is 0 Å². The SMILES string of the molecule is CC(C)OC(C)OCCC1CC2CCC1C2. The topological polar surface area (TPSA) is 18.5 Å². The first kappa shape index (κ1) is 12.4. The highest BCUT2D eigenvalue weighted by molar-refractivity contribution is 4.89. The molecule has 0 heterocycles. The minimum atomic E-state index is -0.0430. The molecule has 0 aliphatic heterocycles. The van der Waals surface area contributed by atoms with Gasteiger partial charge in [0, 0.05) is 6.61 Å². The van der Waals surface area contributed by atoms with Crippen LogP contribution in [0.15, 0.2) is 0 Å². The normalized spacial score (nSPS) is 34.9. The van der Waals surface area contributed by atoms with Crippen LogP contribution in [-0.4, -0.2) is 19.0 Å². The van der Waals surface area contributed by atoms with Crippen LogP contribution in [0.25, 0.3) is 0 Å². The molecule has 0 aromatic heterocycles. The van der Waals surface area contributed by atoms with E-state index in [1.54, 1.807) is 0 Å². The van der Waals surface area contributed by atoms with E-state index in [-0.39, 0.29) is 12.4 Å². The Hall–Kier alpha value is -0.0800. The van der Waals surface area contributed by atoms with E-state index in [2.05, 4.69) is 13.8 Å². The van der Waals surface area contributed by atoms with Crippen molar-refractivity contribution >= 4 is 0 Å². The Morgan fingerprint density at radius 3 is 2.50 bits per heavy atom. The van der Waals surface area contributed by atoms with Gasteiger partial charge in [0.2, 0.25) is 0 Å². The summed E-state index contributed by atoms with van der Waals surface area (Å²) in [6.45, 7) is 6.98. The van der Waals surface area contributed by atoms with E-state index >= 15 is 0 Å². The van der Waals surface area contributed by atoms with Gasteiger partial charge in [-0.3, -0.25) is 0 Å². The molecule has 0 aromatic carbocycles. The molecular formula is C14H26O2. The fourth-order valence-electron chi connectivity index (χ4n) is 3.54. The second kappa shape index (κ2) is 5.50. The molecule has 0 aromatic rings. The lowest BCUT2D eigenvalue weighted by Crippen LogP contribution is -2.20. The molecule has 0 spiro atoms. The summed E-state index contributed by atoms with van der Waals surface area (Å²) in [6.07, 6.45) is 7.40. The molecule has 2 bridgehead atoms. The Kier molecular flexibility index (Phi) is 4.26. The molecule has 2 aliphatic carbocycles. The number of rotatable bonds is 6. The van der Waals surface area contributed by atoms with Gasteiger partial charge < -0.3 is 9.47 Å². The molecule has 0 N–H and O–H groups in total. The number of fused-ring (bicyclic) bond motifs is 2. The van der Waals surface area contributed by atoms with Crippen LogP contribution in [-0.2, 0) is 9.47 Å². The molecule has 0 saturated heterocycles. The van der Waals surface area contributed by atoms with Gasteiger partial charge in [0.15, 0.2) is 6.29 Å². The van der Waals surface area contributed by atoms with E-state index in [0.717, 1.165) is 24.4 Å². The fraction of sp³-hybridized carbons (Fsp3) is 1.00. The van der Waals surface area contributed by atoms with Gasteiger partial charge in [-0.15, -0.1) is 0 Å². The minimum absolute atomic E-state index is 0.0430. The summed E-state index contributed by atoms with van der Waals surface area (Å²) in [5.41, 5.74) is 0. The molecular weight excluding hydrogens is 200 g/mol. The minimum Gasteiger partial charge on any atom is -0.353 e. The summed E-state index contributed by atoms with van der Waals surface area (Å²) in [4.78, 5) is 0. The Balaban J connectivity index is 1.58. The molecule has 2 saturated carbocycles. The zero-order valence-corrected chi connectivity index (χ0v) is 10.9. The number of hydrogen-bond acceptors (Lipinski definition) is 2. The van der Waals surface area contributed by atoms with Crippen LogP contribution in [0.1, 0.15) is 52.9 Å². The molecule has 2 nitrogen and oxygen atoms in total. The Bertz CT molecular complexity index is 215. The molecule has 94 valence electrons. The first-order valence-corrected chi connectivity index (χ1v) is 6.92. The second-order valence-electron chi connectivity index (χ2n) is 5.85. The third-order valence-electron chi connectivity index (χ3n) is 4.19. The Morgan fingerprint density at radius 1 is 1.12 bits per heavy atom. The van der Waals surface area contributed by atoms with E-state index in [1.165, 1.54) is 32.1 Å². The third-order valence-corrected chi connectivity index (χ3v) is 4.19. The van der Waals surface area contributed by atoms with E-state index in [4.69, 9.17) is 9.47 Å². The van der Waals surface area contributed by atoms with Crippen molar-refractivity contribution in [2.75, 3.05) is 6.61 Å². The smallest absolute Gasteiger partial charge is 0.155 e. The predicted molar refractivity (Wildman–Crippen MR) is 65.2 cm³/mol. The van der Waals surface area contributed by atoms with Crippen LogP contribution in [0.2, 0.25) is 0 Å². The quantitative estimate of drug-likeness (QED) is 0.644. The zero-order valence-electron chi connectivity index (χ0n) is 10.9. The van der Waals surface area contributed by atoms with Gasteiger partial charge in [0.1, 0.15) is 0 Å². The molecule has 2 rings (SSSR count). The van der Waals surface area contributed by atoms with Gasteiger partial charge in [-0.05, 0) is 64.2 Å². The maximum Gasteiger partial charge on any atom is 0.155 e. The maximum absolute atomic E-state index is 5.70. The summed E-state index contributed by atoms with van der Waals surface area (Å²) in [5, 5.41) is 0. The van der Waals surface area contributed by atoms with Gasteiger partial charge in [0.25, 0.3) is 0 Å². The zero-order chi connectivity index (χ0) is 11.5. The predicted octanol–water partition coefficient (Wildman–Crippen LogP) is 3.60. The van der Waals surface area contributed by atoms with Crippen molar-refractivity contribution < 1.29 is 9.47 Å². The first-order chi connectivity index (χ1) is 7.65. The molecule has 16 heavy (non-hydrogen) atoms. The molecule has 2 heteroatoms. The van der Waals surface area contributed by atoms with Crippen LogP contribution in [0.5, 0.6) is 0 Å². The number of hydrogen-bond donors (Lipinski definition) is 0. The molecule has 2 aliphatic rings. The van der Waals surface area contributed by atoms with Crippen molar-refractivity contribution in [3.05, 3.63) is 0 Å². The van der Waals surface area contributed by atoms with Crippen molar-refractivity contribution in [2.24, 2.45) is 17.8 Å². The third kappa shape index (κ3) is 3.21. The molecule has 0 amide bonds. The molecule has 4 unspecified atom stereocenters. The monoisotopic (exact) mass is 226 g/mol. The summed E-state index contributed by atoms with van der Waals surface area (Å²) >= 11 is 0. The molecule has 4 atom stereocenters. The van der Waals surface area contributed by atoms with Crippen molar-refractivity contribution in [3.8, 4) is 0 Å². The highest BCUT2D eigenvalue weighted by Crippen LogP contribution is 2.49. The van der Waals surface area contributed by atoms with Gasteiger partial charge in [-0.25, -0.2) is 0 Å². The van der Waals surface area contributed by atoms with Crippen molar-refractivity contribution in [1.29, 1.82) is 0 Å².